The highest BCUT2D eigenvalue weighted by atomic mass is 16.3. The lowest BCUT2D eigenvalue weighted by Crippen LogP contribution is -2.43. The quantitative estimate of drug-likeness (QED) is 0.694. The van der Waals surface area contributed by atoms with Gasteiger partial charge in [-0.15, -0.1) is 6.58 Å². The van der Waals surface area contributed by atoms with Crippen molar-refractivity contribution in [2.75, 3.05) is 6.61 Å². The minimum atomic E-state index is -0.393. The lowest BCUT2D eigenvalue weighted by molar-refractivity contribution is 0.207. The van der Waals surface area contributed by atoms with Crippen LogP contribution in [0, 0.1) is 0 Å². The first kappa shape index (κ1) is 11.0. The van der Waals surface area contributed by atoms with E-state index in [0.29, 0.717) is 0 Å². The Kier molecular flexibility index (Phi) is 3.86. The zero-order valence-corrected chi connectivity index (χ0v) is 8.53. The summed E-state index contributed by atoms with van der Waals surface area (Å²) in [4.78, 5) is 0. The fourth-order valence-electron chi connectivity index (χ4n) is 1.09. The molecule has 1 rings (SSSR count). The molecule has 14 heavy (non-hydrogen) atoms. The second-order valence-electron chi connectivity index (χ2n) is 3.62. The highest BCUT2D eigenvalue weighted by molar-refractivity contribution is 5.15. The third kappa shape index (κ3) is 2.98. The molecule has 0 bridgehead atoms. The molecule has 0 aliphatic carbocycles. The second kappa shape index (κ2) is 4.94. The van der Waals surface area contributed by atoms with Crippen molar-refractivity contribution < 1.29 is 5.11 Å². The van der Waals surface area contributed by atoms with Gasteiger partial charge in [-0.2, -0.15) is 0 Å². The summed E-state index contributed by atoms with van der Waals surface area (Å²) in [5.74, 6) is 0. The van der Waals surface area contributed by atoms with E-state index in [2.05, 4.69) is 11.9 Å². The van der Waals surface area contributed by atoms with Crippen LogP contribution >= 0.6 is 0 Å². The Morgan fingerprint density at radius 1 is 1.43 bits per heavy atom. The van der Waals surface area contributed by atoms with E-state index < -0.39 is 5.54 Å². The Hall–Kier alpha value is -1.12. The topological polar surface area (TPSA) is 32.3 Å². The third-order valence-electron chi connectivity index (χ3n) is 2.32. The summed E-state index contributed by atoms with van der Waals surface area (Å²) in [6.45, 7) is 6.41. The number of rotatable bonds is 5. The zero-order chi connectivity index (χ0) is 10.4. The fourth-order valence-corrected chi connectivity index (χ4v) is 1.09. The first-order chi connectivity index (χ1) is 6.70. The van der Waals surface area contributed by atoms with Gasteiger partial charge in [-0.1, -0.05) is 36.4 Å². The number of hydrogen-bond acceptors (Lipinski definition) is 2. The molecule has 2 heteroatoms. The van der Waals surface area contributed by atoms with E-state index in [-0.39, 0.29) is 6.61 Å². The SMILES string of the molecule is C=C[C@@](C)(CO)NCc1ccccc1. The van der Waals surface area contributed by atoms with Crippen LogP contribution in [-0.4, -0.2) is 17.3 Å². The van der Waals surface area contributed by atoms with Gasteiger partial charge in [0.1, 0.15) is 0 Å². The van der Waals surface area contributed by atoms with Gasteiger partial charge in [0, 0.05) is 6.54 Å². The molecule has 0 spiro atoms. The average Bonchev–Trinajstić information content (AvgIpc) is 2.27. The highest BCUT2D eigenvalue weighted by Crippen LogP contribution is 2.06. The van der Waals surface area contributed by atoms with Gasteiger partial charge >= 0.3 is 0 Å². The standard InChI is InChI=1S/C12H17NO/c1-3-12(2,10-14)13-9-11-7-5-4-6-8-11/h3-8,13-14H,1,9-10H2,2H3/t12-/m0/s1. The summed E-state index contributed by atoms with van der Waals surface area (Å²) >= 11 is 0. The van der Waals surface area contributed by atoms with Crippen LogP contribution < -0.4 is 5.32 Å². The van der Waals surface area contributed by atoms with Gasteiger partial charge < -0.3 is 10.4 Å². The molecule has 1 atom stereocenters. The van der Waals surface area contributed by atoms with Crippen molar-refractivity contribution in [1.29, 1.82) is 0 Å². The van der Waals surface area contributed by atoms with Crippen LogP contribution in [0.15, 0.2) is 43.0 Å². The van der Waals surface area contributed by atoms with E-state index in [0.717, 1.165) is 6.54 Å². The number of hydrogen-bond donors (Lipinski definition) is 2. The van der Waals surface area contributed by atoms with Crippen molar-refractivity contribution in [3.05, 3.63) is 48.6 Å². The molecule has 0 heterocycles. The van der Waals surface area contributed by atoms with Gasteiger partial charge in [-0.05, 0) is 12.5 Å². The monoisotopic (exact) mass is 191 g/mol. The lowest BCUT2D eigenvalue weighted by atomic mass is 10.0. The van der Waals surface area contributed by atoms with Crippen molar-refractivity contribution in [3.63, 3.8) is 0 Å². The Morgan fingerprint density at radius 2 is 2.07 bits per heavy atom. The molecule has 0 amide bonds. The Morgan fingerprint density at radius 3 is 2.57 bits per heavy atom. The Balaban J connectivity index is 2.52. The maximum atomic E-state index is 9.13. The van der Waals surface area contributed by atoms with Crippen molar-refractivity contribution in [1.82, 2.24) is 5.32 Å². The molecule has 0 aliphatic heterocycles. The molecule has 2 nitrogen and oxygen atoms in total. The fraction of sp³-hybridized carbons (Fsp3) is 0.333. The van der Waals surface area contributed by atoms with E-state index in [1.165, 1.54) is 5.56 Å². The molecule has 76 valence electrons. The highest BCUT2D eigenvalue weighted by Gasteiger charge is 2.17. The van der Waals surface area contributed by atoms with Crippen LogP contribution in [0.2, 0.25) is 0 Å². The van der Waals surface area contributed by atoms with E-state index in [4.69, 9.17) is 5.11 Å². The molecule has 0 saturated carbocycles. The van der Waals surface area contributed by atoms with Crippen LogP contribution in [0.25, 0.3) is 0 Å². The molecular formula is C12H17NO. The van der Waals surface area contributed by atoms with E-state index >= 15 is 0 Å². The van der Waals surface area contributed by atoms with E-state index in [1.807, 2.05) is 37.3 Å². The van der Waals surface area contributed by atoms with Crippen molar-refractivity contribution in [3.8, 4) is 0 Å². The molecule has 0 fully saturated rings. The summed E-state index contributed by atoms with van der Waals surface area (Å²) < 4.78 is 0. The summed E-state index contributed by atoms with van der Waals surface area (Å²) in [6, 6.07) is 10.1. The predicted molar refractivity (Wildman–Crippen MR) is 59.0 cm³/mol. The molecule has 0 radical (unpaired) electrons. The van der Waals surface area contributed by atoms with Crippen LogP contribution in [0.4, 0.5) is 0 Å². The largest absolute Gasteiger partial charge is 0.394 e. The molecule has 0 unspecified atom stereocenters. The molecule has 1 aromatic rings. The summed E-state index contributed by atoms with van der Waals surface area (Å²) in [6.07, 6.45) is 1.73. The van der Waals surface area contributed by atoms with E-state index in [9.17, 15) is 0 Å². The van der Waals surface area contributed by atoms with Crippen LogP contribution in [0.5, 0.6) is 0 Å². The number of aliphatic hydroxyl groups excluding tert-OH is 1. The lowest BCUT2D eigenvalue weighted by Gasteiger charge is -2.24. The first-order valence-electron chi connectivity index (χ1n) is 4.73. The minimum absolute atomic E-state index is 0.0589. The van der Waals surface area contributed by atoms with Crippen molar-refractivity contribution >= 4 is 0 Å². The normalized spacial score (nSPS) is 14.7. The zero-order valence-electron chi connectivity index (χ0n) is 8.53. The average molecular weight is 191 g/mol. The van der Waals surface area contributed by atoms with Crippen LogP contribution in [0.3, 0.4) is 0 Å². The summed E-state index contributed by atoms with van der Waals surface area (Å²) in [5, 5.41) is 12.4. The van der Waals surface area contributed by atoms with E-state index in [1.54, 1.807) is 6.08 Å². The number of nitrogens with one attached hydrogen (secondary N) is 1. The van der Waals surface area contributed by atoms with Gasteiger partial charge in [-0.25, -0.2) is 0 Å². The molecule has 1 aromatic carbocycles. The Labute approximate surface area is 85.3 Å². The van der Waals surface area contributed by atoms with Gasteiger partial charge in [-0.3, -0.25) is 0 Å². The van der Waals surface area contributed by atoms with Gasteiger partial charge in [0.25, 0.3) is 0 Å². The van der Waals surface area contributed by atoms with Crippen molar-refractivity contribution in [2.45, 2.75) is 19.0 Å². The Bertz CT molecular complexity index is 284. The third-order valence-corrected chi connectivity index (χ3v) is 2.32. The van der Waals surface area contributed by atoms with Gasteiger partial charge in [0.2, 0.25) is 0 Å². The van der Waals surface area contributed by atoms with Gasteiger partial charge in [0.05, 0.1) is 12.1 Å². The first-order valence-corrected chi connectivity index (χ1v) is 4.73. The predicted octanol–water partition coefficient (Wildman–Crippen LogP) is 1.71. The molecule has 0 aromatic heterocycles. The molecule has 0 saturated heterocycles. The van der Waals surface area contributed by atoms with Crippen LogP contribution in [-0.2, 0) is 6.54 Å². The maximum absolute atomic E-state index is 9.13. The number of benzene rings is 1. The summed E-state index contributed by atoms with van der Waals surface area (Å²) in [7, 11) is 0. The molecule has 2 N–H and O–H groups in total. The summed E-state index contributed by atoms with van der Waals surface area (Å²) in [5.41, 5.74) is 0.810. The second-order valence-corrected chi connectivity index (χ2v) is 3.62. The smallest absolute Gasteiger partial charge is 0.0646 e. The minimum Gasteiger partial charge on any atom is -0.394 e. The van der Waals surface area contributed by atoms with Crippen LogP contribution in [0.1, 0.15) is 12.5 Å². The van der Waals surface area contributed by atoms with Crippen molar-refractivity contribution in [2.24, 2.45) is 0 Å². The number of aliphatic hydroxyl groups is 1. The van der Waals surface area contributed by atoms with Gasteiger partial charge in [0.15, 0.2) is 0 Å². The molecule has 0 aliphatic rings. The maximum Gasteiger partial charge on any atom is 0.0646 e. The molecular weight excluding hydrogens is 174 g/mol.